The number of nitrogens with zero attached hydrogens (tertiary/aromatic N) is 1. The molecule has 0 bridgehead atoms. The maximum absolute atomic E-state index is 12.6. The number of aliphatic imine (C=N–C) groups is 1. The zero-order chi connectivity index (χ0) is 11.9. The lowest BCUT2D eigenvalue weighted by atomic mass is 9.99. The van der Waals surface area contributed by atoms with Crippen LogP contribution in [0.25, 0.3) is 0 Å². The molecule has 3 N–H and O–H groups in total. The Balaban J connectivity index is 2.14. The third kappa shape index (κ3) is 1.91. The van der Waals surface area contributed by atoms with Gasteiger partial charge in [-0.3, -0.25) is 4.99 Å². The van der Waals surface area contributed by atoms with Gasteiger partial charge in [-0.15, -0.1) is 11.8 Å². The summed E-state index contributed by atoms with van der Waals surface area (Å²) in [6.45, 7) is 0. The normalized spacial score (nSPS) is 43.1. The zero-order valence-electron chi connectivity index (χ0n) is 8.68. The highest BCUT2D eigenvalue weighted by Crippen LogP contribution is 2.41. The summed E-state index contributed by atoms with van der Waals surface area (Å²) in [7, 11) is 1.70. The van der Waals surface area contributed by atoms with E-state index < -0.39 is 29.9 Å². The molecule has 0 spiro atoms. The molecule has 92 valence electrons. The third-order valence-corrected chi connectivity index (χ3v) is 4.58. The number of hydrogen-bond acceptors (Lipinski definition) is 5. The summed E-state index contributed by atoms with van der Waals surface area (Å²) >= 11 is 1.03. The van der Waals surface area contributed by atoms with Gasteiger partial charge >= 0.3 is 0 Å². The van der Waals surface area contributed by atoms with Crippen LogP contribution in [0.5, 0.6) is 0 Å². The number of rotatable bonds is 1. The van der Waals surface area contributed by atoms with E-state index >= 15 is 0 Å². The lowest BCUT2D eigenvalue weighted by Crippen LogP contribution is -2.52. The van der Waals surface area contributed by atoms with Gasteiger partial charge in [0, 0.05) is 18.7 Å². The first-order valence-corrected chi connectivity index (χ1v) is 6.03. The van der Waals surface area contributed by atoms with Gasteiger partial charge in [0.1, 0.15) is 6.10 Å². The molecule has 1 fully saturated rings. The van der Waals surface area contributed by atoms with E-state index in [4.69, 9.17) is 0 Å². The molecular formula is C9H14F2N2O2S. The topological polar surface area (TPSA) is 64.9 Å². The Bertz CT molecular complexity index is 303. The highest BCUT2D eigenvalue weighted by atomic mass is 32.2. The van der Waals surface area contributed by atoms with Crippen LogP contribution < -0.4 is 5.32 Å². The van der Waals surface area contributed by atoms with Crippen molar-refractivity contribution >= 4 is 17.6 Å². The standard InChI is InChI=1S/C9H14F2N2O2S/c1-12-4-2-3-5(13-4)6(14)7(15)8(16-3)9(10)11/h3,5-9,14-15H,2H2,1H3,(H,12,13)/t3-,5+,6-,7+,8?/m1/s1. The average molecular weight is 252 g/mol. The van der Waals surface area contributed by atoms with Crippen molar-refractivity contribution in [1.29, 1.82) is 0 Å². The van der Waals surface area contributed by atoms with Crippen LogP contribution in [0.4, 0.5) is 8.78 Å². The van der Waals surface area contributed by atoms with E-state index in [9.17, 15) is 19.0 Å². The van der Waals surface area contributed by atoms with Crippen molar-refractivity contribution in [2.75, 3.05) is 7.05 Å². The molecule has 0 aromatic rings. The lowest BCUT2D eigenvalue weighted by Gasteiger charge is -2.37. The van der Waals surface area contributed by atoms with Crippen LogP contribution in [-0.2, 0) is 0 Å². The summed E-state index contributed by atoms with van der Waals surface area (Å²) < 4.78 is 25.3. The number of thioether (sulfide) groups is 1. The fraction of sp³-hybridized carbons (Fsp3) is 0.889. The van der Waals surface area contributed by atoms with Crippen LogP contribution in [0.1, 0.15) is 6.42 Å². The van der Waals surface area contributed by atoms with Gasteiger partial charge in [-0.1, -0.05) is 0 Å². The first kappa shape index (κ1) is 12.1. The molecule has 7 heteroatoms. The largest absolute Gasteiger partial charge is 0.389 e. The molecule has 0 amide bonds. The Labute approximate surface area is 96.1 Å². The van der Waals surface area contributed by atoms with Crippen LogP contribution in [-0.4, -0.2) is 58.3 Å². The number of alkyl halides is 2. The highest BCUT2D eigenvalue weighted by molar-refractivity contribution is 8.00. The van der Waals surface area contributed by atoms with Crippen molar-refractivity contribution in [3.05, 3.63) is 0 Å². The number of halogens is 2. The minimum atomic E-state index is -2.63. The van der Waals surface area contributed by atoms with Crippen LogP contribution in [0.15, 0.2) is 4.99 Å². The summed E-state index contributed by atoms with van der Waals surface area (Å²) in [4.78, 5) is 4.18. The van der Waals surface area contributed by atoms with E-state index in [1.165, 1.54) is 0 Å². The summed E-state index contributed by atoms with van der Waals surface area (Å²) in [6.07, 6.45) is -4.70. The van der Waals surface area contributed by atoms with Crippen LogP contribution in [0, 0.1) is 0 Å². The average Bonchev–Trinajstić information content (AvgIpc) is 2.66. The SMILES string of the molecule is CNC1=N[C@@H]2[C@@H](O)[C@H](O)C(C(F)F)S[C@@H]2C1. The fourth-order valence-corrected chi connectivity index (χ4v) is 3.59. The minimum absolute atomic E-state index is 0.167. The Kier molecular flexibility index (Phi) is 3.37. The summed E-state index contributed by atoms with van der Waals surface area (Å²) in [5, 5.41) is 20.8. The fourth-order valence-electron chi connectivity index (χ4n) is 2.11. The van der Waals surface area contributed by atoms with Gasteiger partial charge in [0.05, 0.1) is 23.2 Å². The molecule has 4 nitrogen and oxygen atoms in total. The number of aliphatic hydroxyl groups excluding tert-OH is 2. The molecule has 0 aliphatic carbocycles. The monoisotopic (exact) mass is 252 g/mol. The molecule has 16 heavy (non-hydrogen) atoms. The maximum atomic E-state index is 12.6. The van der Waals surface area contributed by atoms with Crippen LogP contribution in [0.3, 0.4) is 0 Å². The Hall–Kier alpha value is -0.400. The first-order valence-electron chi connectivity index (χ1n) is 5.08. The molecule has 0 saturated carbocycles. The molecule has 2 rings (SSSR count). The molecule has 0 aromatic heterocycles. The van der Waals surface area contributed by atoms with Crippen molar-refractivity contribution in [2.24, 2.45) is 4.99 Å². The molecule has 1 unspecified atom stereocenters. The number of hydrogen-bond donors (Lipinski definition) is 3. The number of fused-ring (bicyclic) bond motifs is 1. The first-order chi connectivity index (χ1) is 7.54. The number of amidine groups is 1. The summed E-state index contributed by atoms with van der Waals surface area (Å²) in [6, 6.07) is -0.475. The molecule has 1 saturated heterocycles. The molecule has 0 aromatic carbocycles. The summed E-state index contributed by atoms with van der Waals surface area (Å²) in [5.74, 6) is 0.698. The van der Waals surface area contributed by atoms with Crippen molar-refractivity contribution in [1.82, 2.24) is 5.32 Å². The smallest absolute Gasteiger partial charge is 0.252 e. The zero-order valence-corrected chi connectivity index (χ0v) is 9.49. The highest BCUT2D eigenvalue weighted by Gasteiger charge is 2.49. The predicted octanol–water partition coefficient (Wildman–Crippen LogP) is -0.153. The molecule has 2 aliphatic rings. The van der Waals surface area contributed by atoms with Crippen molar-refractivity contribution in [2.45, 2.75) is 41.6 Å². The van der Waals surface area contributed by atoms with E-state index in [2.05, 4.69) is 10.3 Å². The molecule has 0 radical (unpaired) electrons. The van der Waals surface area contributed by atoms with Gasteiger partial charge in [0.2, 0.25) is 0 Å². The Morgan fingerprint density at radius 2 is 2.12 bits per heavy atom. The number of nitrogens with one attached hydrogen (secondary N) is 1. The molecule has 5 atom stereocenters. The van der Waals surface area contributed by atoms with Gasteiger partial charge in [-0.2, -0.15) is 0 Å². The second-order valence-corrected chi connectivity index (χ2v) is 5.40. The van der Waals surface area contributed by atoms with Crippen LogP contribution >= 0.6 is 11.8 Å². The van der Waals surface area contributed by atoms with E-state index in [-0.39, 0.29) is 5.25 Å². The molecule has 2 aliphatic heterocycles. The van der Waals surface area contributed by atoms with Crippen LogP contribution in [0.2, 0.25) is 0 Å². The van der Waals surface area contributed by atoms with Crippen molar-refractivity contribution in [3.63, 3.8) is 0 Å². The quantitative estimate of drug-likeness (QED) is 0.607. The van der Waals surface area contributed by atoms with Crippen molar-refractivity contribution in [3.8, 4) is 0 Å². The van der Waals surface area contributed by atoms with Crippen molar-refractivity contribution < 1.29 is 19.0 Å². The van der Waals surface area contributed by atoms with E-state index in [1.54, 1.807) is 7.05 Å². The minimum Gasteiger partial charge on any atom is -0.389 e. The second-order valence-electron chi connectivity index (χ2n) is 3.98. The van der Waals surface area contributed by atoms with Gasteiger partial charge in [0.15, 0.2) is 0 Å². The number of aliphatic hydroxyl groups is 2. The summed E-state index contributed by atoms with van der Waals surface area (Å²) in [5.41, 5.74) is 0. The predicted molar refractivity (Wildman–Crippen MR) is 58.1 cm³/mol. The third-order valence-electron chi connectivity index (χ3n) is 2.99. The van der Waals surface area contributed by atoms with E-state index in [0.717, 1.165) is 11.8 Å². The van der Waals surface area contributed by atoms with E-state index in [0.29, 0.717) is 12.3 Å². The maximum Gasteiger partial charge on any atom is 0.252 e. The van der Waals surface area contributed by atoms with Gasteiger partial charge < -0.3 is 15.5 Å². The Morgan fingerprint density at radius 3 is 2.69 bits per heavy atom. The van der Waals surface area contributed by atoms with Gasteiger partial charge in [-0.25, -0.2) is 8.78 Å². The molecular weight excluding hydrogens is 238 g/mol. The van der Waals surface area contributed by atoms with E-state index in [1.807, 2.05) is 0 Å². The lowest BCUT2D eigenvalue weighted by molar-refractivity contribution is -0.0293. The second kappa shape index (κ2) is 4.46. The van der Waals surface area contributed by atoms with Gasteiger partial charge in [-0.05, 0) is 0 Å². The van der Waals surface area contributed by atoms with Gasteiger partial charge in [0.25, 0.3) is 6.43 Å². The Morgan fingerprint density at radius 1 is 1.44 bits per heavy atom. The molecule has 2 heterocycles.